The molecule has 0 unspecified atom stereocenters. The molecule has 1 fully saturated rings. The van der Waals surface area contributed by atoms with Gasteiger partial charge in [-0.1, -0.05) is 25.9 Å². The summed E-state index contributed by atoms with van der Waals surface area (Å²) < 4.78 is 5.18. The number of amides is 1. The molecule has 1 aliphatic heterocycles. The molecule has 22 heavy (non-hydrogen) atoms. The molecule has 0 atom stereocenters. The first-order valence-corrected chi connectivity index (χ1v) is 8.41. The Kier molecular flexibility index (Phi) is 6.36. The minimum absolute atomic E-state index is 0.200. The summed E-state index contributed by atoms with van der Waals surface area (Å²) in [6, 6.07) is 0. The third-order valence-electron chi connectivity index (χ3n) is 4.20. The van der Waals surface area contributed by atoms with Crippen molar-refractivity contribution in [3.8, 4) is 0 Å². The van der Waals surface area contributed by atoms with Gasteiger partial charge in [-0.15, -0.1) is 0 Å². The van der Waals surface area contributed by atoms with E-state index in [-0.39, 0.29) is 11.8 Å². The van der Waals surface area contributed by atoms with Crippen LogP contribution in [-0.2, 0) is 11.2 Å². The van der Waals surface area contributed by atoms with Crippen LogP contribution in [0.1, 0.15) is 57.7 Å². The maximum Gasteiger partial charge on any atom is 0.227 e. The molecule has 1 aromatic heterocycles. The Morgan fingerprint density at radius 2 is 2.14 bits per heavy atom. The first-order valence-electron chi connectivity index (χ1n) is 8.41. The summed E-state index contributed by atoms with van der Waals surface area (Å²) in [5.41, 5.74) is 0. The van der Waals surface area contributed by atoms with Crippen LogP contribution in [0.3, 0.4) is 0 Å². The number of rotatable bonds is 7. The van der Waals surface area contributed by atoms with Crippen molar-refractivity contribution in [1.82, 2.24) is 20.4 Å². The molecule has 1 aliphatic rings. The second-order valence-electron chi connectivity index (χ2n) is 6.33. The zero-order chi connectivity index (χ0) is 15.9. The summed E-state index contributed by atoms with van der Waals surface area (Å²) in [5.74, 6) is 2.44. The van der Waals surface area contributed by atoms with Gasteiger partial charge < -0.3 is 14.7 Å². The number of hydrogen-bond donors (Lipinski definition) is 1. The van der Waals surface area contributed by atoms with Gasteiger partial charge in [-0.3, -0.25) is 4.79 Å². The van der Waals surface area contributed by atoms with Crippen LogP contribution in [-0.4, -0.2) is 47.1 Å². The molecular weight excluding hydrogens is 280 g/mol. The number of likely N-dealkylation sites (tertiary alicyclic amines) is 1. The van der Waals surface area contributed by atoms with Crippen LogP contribution in [0.2, 0.25) is 0 Å². The summed E-state index contributed by atoms with van der Waals surface area (Å²) in [7, 11) is 0. The maximum absolute atomic E-state index is 12.3. The molecule has 0 bridgehead atoms. The van der Waals surface area contributed by atoms with Gasteiger partial charge in [0.15, 0.2) is 5.82 Å². The fourth-order valence-electron chi connectivity index (χ4n) is 2.71. The highest BCUT2D eigenvalue weighted by Crippen LogP contribution is 2.18. The van der Waals surface area contributed by atoms with E-state index in [9.17, 15) is 4.79 Å². The Morgan fingerprint density at radius 3 is 2.73 bits per heavy atom. The summed E-state index contributed by atoms with van der Waals surface area (Å²) in [5, 5.41) is 7.32. The summed E-state index contributed by atoms with van der Waals surface area (Å²) in [4.78, 5) is 18.5. The quantitative estimate of drug-likeness (QED) is 0.834. The Balaban J connectivity index is 1.71. The molecule has 1 aromatic rings. The highest BCUT2D eigenvalue weighted by molar-refractivity contribution is 5.76. The van der Waals surface area contributed by atoms with E-state index in [2.05, 4.69) is 22.4 Å². The highest BCUT2D eigenvalue weighted by atomic mass is 16.5. The molecule has 2 heterocycles. The minimum Gasteiger partial charge on any atom is -0.343 e. The third kappa shape index (κ3) is 4.80. The highest BCUT2D eigenvalue weighted by Gasteiger charge is 2.22. The minimum atomic E-state index is 0.200. The number of hydrogen-bond acceptors (Lipinski definition) is 5. The molecule has 0 saturated carbocycles. The number of carbonyl (C=O) groups excluding carboxylic acids is 1. The van der Waals surface area contributed by atoms with Crippen molar-refractivity contribution in [3.63, 3.8) is 0 Å². The molecule has 0 radical (unpaired) electrons. The predicted molar refractivity (Wildman–Crippen MR) is 84.6 cm³/mol. The van der Waals surface area contributed by atoms with Gasteiger partial charge >= 0.3 is 0 Å². The third-order valence-corrected chi connectivity index (χ3v) is 4.20. The van der Waals surface area contributed by atoms with Crippen LogP contribution in [0, 0.1) is 5.92 Å². The lowest BCUT2D eigenvalue weighted by Gasteiger charge is -2.32. The van der Waals surface area contributed by atoms with Gasteiger partial charge in [0.2, 0.25) is 11.8 Å². The molecule has 124 valence electrons. The fourth-order valence-corrected chi connectivity index (χ4v) is 2.71. The molecule has 6 nitrogen and oxygen atoms in total. The zero-order valence-electron chi connectivity index (χ0n) is 14.0. The Labute approximate surface area is 132 Å². The van der Waals surface area contributed by atoms with E-state index in [0.29, 0.717) is 30.5 Å². The average Bonchev–Trinajstić information content (AvgIpc) is 3.00. The Morgan fingerprint density at radius 1 is 1.41 bits per heavy atom. The van der Waals surface area contributed by atoms with Crippen LogP contribution in [0.5, 0.6) is 0 Å². The van der Waals surface area contributed by atoms with E-state index in [4.69, 9.17) is 4.52 Å². The van der Waals surface area contributed by atoms with Crippen molar-refractivity contribution in [2.24, 2.45) is 5.92 Å². The van der Waals surface area contributed by atoms with Crippen molar-refractivity contribution in [3.05, 3.63) is 11.7 Å². The molecule has 1 amide bonds. The predicted octanol–water partition coefficient (Wildman–Crippen LogP) is 1.97. The molecule has 0 aliphatic carbocycles. The van der Waals surface area contributed by atoms with E-state index in [1.165, 1.54) is 0 Å². The number of nitrogens with one attached hydrogen (secondary N) is 1. The first kappa shape index (κ1) is 16.9. The Hall–Kier alpha value is -1.43. The zero-order valence-corrected chi connectivity index (χ0v) is 14.0. The maximum atomic E-state index is 12.3. The number of nitrogens with zero attached hydrogens (tertiary/aromatic N) is 3. The van der Waals surface area contributed by atoms with Crippen LogP contribution >= 0.6 is 0 Å². The number of carbonyl (C=O) groups is 1. The number of piperidine rings is 1. The van der Waals surface area contributed by atoms with Crippen LogP contribution in [0.25, 0.3) is 0 Å². The molecule has 6 heteroatoms. The van der Waals surface area contributed by atoms with Gasteiger partial charge in [0.05, 0.1) is 0 Å². The van der Waals surface area contributed by atoms with E-state index in [0.717, 1.165) is 39.0 Å². The van der Waals surface area contributed by atoms with Crippen molar-refractivity contribution in [2.45, 2.75) is 52.4 Å². The van der Waals surface area contributed by atoms with Crippen molar-refractivity contribution >= 4 is 5.91 Å². The molecule has 0 aromatic carbocycles. The van der Waals surface area contributed by atoms with E-state index in [1.54, 1.807) is 0 Å². The molecule has 2 rings (SSSR count). The summed E-state index contributed by atoms with van der Waals surface area (Å²) in [6.07, 6.45) is 3.18. The molecule has 1 N–H and O–H groups in total. The van der Waals surface area contributed by atoms with E-state index >= 15 is 0 Å². The van der Waals surface area contributed by atoms with Crippen LogP contribution < -0.4 is 5.32 Å². The second-order valence-corrected chi connectivity index (χ2v) is 6.33. The van der Waals surface area contributed by atoms with E-state index in [1.807, 2.05) is 18.7 Å². The Bertz CT molecular complexity index is 464. The van der Waals surface area contributed by atoms with Crippen LogP contribution in [0.15, 0.2) is 4.52 Å². The van der Waals surface area contributed by atoms with Gasteiger partial charge in [-0.2, -0.15) is 4.98 Å². The number of aromatic nitrogens is 2. The lowest BCUT2D eigenvalue weighted by Crippen LogP contribution is -2.40. The molecule has 1 saturated heterocycles. The van der Waals surface area contributed by atoms with Crippen molar-refractivity contribution < 1.29 is 9.32 Å². The SMILES string of the molecule is CCNCC1CCN(C(=O)CCc2nc(C(C)C)no2)CC1. The number of aryl methyl sites for hydroxylation is 1. The first-order chi connectivity index (χ1) is 10.6. The monoisotopic (exact) mass is 308 g/mol. The summed E-state index contributed by atoms with van der Waals surface area (Å²) >= 11 is 0. The fraction of sp³-hybridized carbons (Fsp3) is 0.812. The molecular formula is C16H28N4O2. The van der Waals surface area contributed by atoms with Gasteiger partial charge in [0, 0.05) is 31.8 Å². The van der Waals surface area contributed by atoms with Gasteiger partial charge in [-0.25, -0.2) is 0 Å². The second kappa shape index (κ2) is 8.27. The standard InChI is InChI=1S/C16H28N4O2/c1-4-17-11-13-7-9-20(10-8-13)15(21)6-5-14-18-16(12(2)3)19-22-14/h12-13,17H,4-11H2,1-3H3. The van der Waals surface area contributed by atoms with Gasteiger partial charge in [0.25, 0.3) is 0 Å². The van der Waals surface area contributed by atoms with Gasteiger partial charge in [0.1, 0.15) is 0 Å². The van der Waals surface area contributed by atoms with Crippen molar-refractivity contribution in [2.75, 3.05) is 26.2 Å². The van der Waals surface area contributed by atoms with Crippen LogP contribution in [0.4, 0.5) is 0 Å². The lowest BCUT2D eigenvalue weighted by molar-refractivity contribution is -0.132. The largest absolute Gasteiger partial charge is 0.343 e. The van der Waals surface area contributed by atoms with E-state index < -0.39 is 0 Å². The smallest absolute Gasteiger partial charge is 0.227 e. The van der Waals surface area contributed by atoms with Gasteiger partial charge in [-0.05, 0) is 31.8 Å². The lowest BCUT2D eigenvalue weighted by atomic mass is 9.96. The van der Waals surface area contributed by atoms with Crippen molar-refractivity contribution in [1.29, 1.82) is 0 Å². The summed E-state index contributed by atoms with van der Waals surface area (Å²) in [6.45, 7) is 10.0. The normalized spacial score (nSPS) is 16.5. The average molecular weight is 308 g/mol. The molecule has 0 spiro atoms. The topological polar surface area (TPSA) is 71.3 Å².